The summed E-state index contributed by atoms with van der Waals surface area (Å²) in [5, 5.41) is 33.0. The van der Waals surface area contributed by atoms with Crippen molar-refractivity contribution in [2.24, 2.45) is 5.10 Å². The predicted molar refractivity (Wildman–Crippen MR) is 77.9 cm³/mol. The second-order valence-electron chi connectivity index (χ2n) is 4.25. The molecule has 1 amide bonds. The number of hydrazone groups is 1. The molecule has 0 saturated carbocycles. The molecule has 8 heteroatoms. The van der Waals surface area contributed by atoms with Crippen molar-refractivity contribution < 1.29 is 19.9 Å². The number of hydrogen-bond acceptors (Lipinski definition) is 6. The van der Waals surface area contributed by atoms with E-state index in [-0.39, 0.29) is 22.7 Å². The summed E-state index contributed by atoms with van der Waals surface area (Å²) in [7, 11) is 0. The van der Waals surface area contributed by atoms with Gasteiger partial charge >= 0.3 is 0 Å². The normalized spacial score (nSPS) is 10.5. The van der Waals surface area contributed by atoms with Gasteiger partial charge in [-0.3, -0.25) is 14.9 Å². The fraction of sp³-hybridized carbons (Fsp3) is 0. The van der Waals surface area contributed by atoms with Crippen LogP contribution in [0.25, 0.3) is 0 Å². The summed E-state index contributed by atoms with van der Waals surface area (Å²) in [6.45, 7) is 0. The first kappa shape index (κ1) is 15.0. The maximum absolute atomic E-state index is 11.8. The van der Waals surface area contributed by atoms with Crippen molar-refractivity contribution in [2.45, 2.75) is 0 Å². The number of benzene rings is 2. The zero-order valence-electron chi connectivity index (χ0n) is 11.1. The summed E-state index contributed by atoms with van der Waals surface area (Å²) in [5.74, 6) is -1.24. The maximum atomic E-state index is 11.8. The van der Waals surface area contributed by atoms with Gasteiger partial charge < -0.3 is 10.2 Å². The predicted octanol–water partition coefficient (Wildman–Crippen LogP) is 1.77. The Morgan fingerprint density at radius 2 is 2.00 bits per heavy atom. The number of nitrogens with zero attached hydrogens (tertiary/aromatic N) is 2. The van der Waals surface area contributed by atoms with E-state index < -0.39 is 10.8 Å². The molecule has 8 nitrogen and oxygen atoms in total. The number of phenolic OH excluding ortho intramolecular Hbond substituents is 2. The van der Waals surface area contributed by atoms with Crippen LogP contribution in [0.5, 0.6) is 11.5 Å². The molecule has 2 aromatic carbocycles. The van der Waals surface area contributed by atoms with E-state index in [0.717, 1.165) is 6.07 Å². The minimum Gasteiger partial charge on any atom is -0.508 e. The number of rotatable bonds is 4. The Bertz CT molecular complexity index is 758. The number of carbonyl (C=O) groups excluding carboxylic acids is 1. The van der Waals surface area contributed by atoms with E-state index in [0.29, 0.717) is 5.56 Å². The number of aromatic hydroxyl groups is 2. The van der Waals surface area contributed by atoms with Gasteiger partial charge in [0.2, 0.25) is 0 Å². The third-order valence-corrected chi connectivity index (χ3v) is 2.69. The average molecular weight is 301 g/mol. The molecular weight excluding hydrogens is 290 g/mol. The highest BCUT2D eigenvalue weighted by Gasteiger charge is 2.10. The van der Waals surface area contributed by atoms with Crippen molar-refractivity contribution in [3.05, 3.63) is 63.7 Å². The van der Waals surface area contributed by atoms with Crippen LogP contribution in [0.3, 0.4) is 0 Å². The van der Waals surface area contributed by atoms with Crippen molar-refractivity contribution in [2.75, 3.05) is 0 Å². The summed E-state index contributed by atoms with van der Waals surface area (Å²) < 4.78 is 0. The number of non-ortho nitro benzene ring substituents is 1. The van der Waals surface area contributed by atoms with Gasteiger partial charge in [-0.05, 0) is 12.1 Å². The van der Waals surface area contributed by atoms with Crippen LogP contribution in [0.4, 0.5) is 5.69 Å². The molecule has 112 valence electrons. The minimum atomic E-state index is -0.681. The molecule has 0 fully saturated rings. The minimum absolute atomic E-state index is 0.0611. The van der Waals surface area contributed by atoms with Crippen LogP contribution in [-0.2, 0) is 0 Å². The molecule has 2 rings (SSSR count). The fourth-order valence-electron chi connectivity index (χ4n) is 1.66. The van der Waals surface area contributed by atoms with Gasteiger partial charge in [-0.25, -0.2) is 5.43 Å². The first-order valence-corrected chi connectivity index (χ1v) is 6.07. The van der Waals surface area contributed by atoms with Crippen LogP contribution in [0.2, 0.25) is 0 Å². The molecule has 0 radical (unpaired) electrons. The number of phenols is 2. The summed E-state index contributed by atoms with van der Waals surface area (Å²) in [6, 6.07) is 9.23. The SMILES string of the molecule is O=C(N/N=C\c1cccc([N+](=O)[O-])c1)c1ccc(O)cc1O. The molecule has 0 unspecified atom stereocenters. The Kier molecular flexibility index (Phi) is 4.33. The summed E-state index contributed by atoms with van der Waals surface area (Å²) >= 11 is 0. The van der Waals surface area contributed by atoms with E-state index in [9.17, 15) is 20.0 Å². The largest absolute Gasteiger partial charge is 0.508 e. The second-order valence-corrected chi connectivity index (χ2v) is 4.25. The molecule has 0 saturated heterocycles. The molecule has 0 bridgehead atoms. The Morgan fingerprint density at radius 1 is 1.23 bits per heavy atom. The van der Waals surface area contributed by atoms with Crippen LogP contribution in [0, 0.1) is 10.1 Å². The lowest BCUT2D eigenvalue weighted by molar-refractivity contribution is -0.384. The Labute approximate surface area is 124 Å². The average Bonchev–Trinajstić information content (AvgIpc) is 2.47. The molecular formula is C14H11N3O5. The Morgan fingerprint density at radius 3 is 2.68 bits per heavy atom. The molecule has 22 heavy (non-hydrogen) atoms. The van der Waals surface area contributed by atoms with Gasteiger partial charge in [0.1, 0.15) is 11.5 Å². The van der Waals surface area contributed by atoms with Crippen molar-refractivity contribution in [3.63, 3.8) is 0 Å². The highest BCUT2D eigenvalue weighted by atomic mass is 16.6. The summed E-state index contributed by atoms with van der Waals surface area (Å²) in [5.41, 5.74) is 2.46. The van der Waals surface area contributed by atoms with Crippen LogP contribution in [0.15, 0.2) is 47.6 Å². The number of amides is 1. The molecule has 3 N–H and O–H groups in total. The quantitative estimate of drug-likeness (QED) is 0.451. The van der Waals surface area contributed by atoms with Gasteiger partial charge in [-0.15, -0.1) is 0 Å². The van der Waals surface area contributed by atoms with E-state index in [4.69, 9.17) is 5.11 Å². The van der Waals surface area contributed by atoms with Crippen molar-refractivity contribution in [1.29, 1.82) is 0 Å². The first-order valence-electron chi connectivity index (χ1n) is 6.07. The molecule has 2 aromatic rings. The second kappa shape index (κ2) is 6.35. The van der Waals surface area contributed by atoms with E-state index in [1.807, 2.05) is 0 Å². The van der Waals surface area contributed by atoms with Crippen molar-refractivity contribution >= 4 is 17.8 Å². The van der Waals surface area contributed by atoms with E-state index >= 15 is 0 Å². The highest BCUT2D eigenvalue weighted by Crippen LogP contribution is 2.22. The molecule has 0 atom stereocenters. The number of nitro benzene ring substituents is 1. The lowest BCUT2D eigenvalue weighted by atomic mass is 10.2. The number of carbonyl (C=O) groups is 1. The van der Waals surface area contributed by atoms with Gasteiger partial charge in [0.15, 0.2) is 0 Å². The zero-order chi connectivity index (χ0) is 16.1. The van der Waals surface area contributed by atoms with E-state index in [1.165, 1.54) is 36.5 Å². The van der Waals surface area contributed by atoms with Crippen LogP contribution >= 0.6 is 0 Å². The van der Waals surface area contributed by atoms with Crippen LogP contribution in [-0.4, -0.2) is 27.3 Å². The third kappa shape index (κ3) is 3.57. The first-order chi connectivity index (χ1) is 10.5. The van der Waals surface area contributed by atoms with Gasteiger partial charge in [-0.1, -0.05) is 12.1 Å². The molecule has 0 spiro atoms. The van der Waals surface area contributed by atoms with Gasteiger partial charge in [0.25, 0.3) is 11.6 Å². The van der Waals surface area contributed by atoms with Crippen LogP contribution < -0.4 is 5.43 Å². The van der Waals surface area contributed by atoms with Crippen molar-refractivity contribution in [3.8, 4) is 11.5 Å². The standard InChI is InChI=1S/C14H11N3O5/c18-11-4-5-12(13(19)7-11)14(20)16-15-8-9-2-1-3-10(6-9)17(21)22/h1-8,18-19H,(H,16,20)/b15-8-. The van der Waals surface area contributed by atoms with Crippen LogP contribution in [0.1, 0.15) is 15.9 Å². The topological polar surface area (TPSA) is 125 Å². The molecule has 0 aliphatic heterocycles. The van der Waals surface area contributed by atoms with Gasteiger partial charge in [-0.2, -0.15) is 5.10 Å². The Balaban J connectivity index is 2.07. The monoisotopic (exact) mass is 301 g/mol. The summed E-state index contributed by atoms with van der Waals surface area (Å²) in [6.07, 6.45) is 1.24. The zero-order valence-corrected chi connectivity index (χ0v) is 11.1. The number of nitro groups is 1. The molecule has 0 aliphatic rings. The fourth-order valence-corrected chi connectivity index (χ4v) is 1.66. The summed E-state index contributed by atoms with van der Waals surface area (Å²) in [4.78, 5) is 21.9. The maximum Gasteiger partial charge on any atom is 0.275 e. The van der Waals surface area contributed by atoms with Gasteiger partial charge in [0, 0.05) is 23.8 Å². The van der Waals surface area contributed by atoms with Crippen molar-refractivity contribution in [1.82, 2.24) is 5.43 Å². The van der Waals surface area contributed by atoms with E-state index in [2.05, 4.69) is 10.5 Å². The molecule has 0 aliphatic carbocycles. The third-order valence-electron chi connectivity index (χ3n) is 2.69. The number of nitrogens with one attached hydrogen (secondary N) is 1. The van der Waals surface area contributed by atoms with E-state index in [1.54, 1.807) is 6.07 Å². The smallest absolute Gasteiger partial charge is 0.275 e. The lowest BCUT2D eigenvalue weighted by Crippen LogP contribution is -2.17. The highest BCUT2D eigenvalue weighted by molar-refractivity contribution is 5.97. The molecule has 0 heterocycles. The van der Waals surface area contributed by atoms with Gasteiger partial charge in [0.05, 0.1) is 16.7 Å². The molecule has 0 aromatic heterocycles. The Hall–Kier alpha value is -3.42. The number of hydrogen-bond donors (Lipinski definition) is 3. The lowest BCUT2D eigenvalue weighted by Gasteiger charge is -2.03.